The van der Waals surface area contributed by atoms with E-state index in [-0.39, 0.29) is 0 Å². The van der Waals surface area contributed by atoms with Crippen molar-refractivity contribution in [2.24, 2.45) is 0 Å². The van der Waals surface area contributed by atoms with Gasteiger partial charge in [-0.15, -0.1) is 0 Å². The van der Waals surface area contributed by atoms with Crippen molar-refractivity contribution in [3.05, 3.63) is 47.4 Å². The second-order valence-corrected chi connectivity index (χ2v) is 5.74. The molecule has 118 valence electrons. The number of nitrogens with two attached hydrogens (primary N) is 1. The highest BCUT2D eigenvalue weighted by Crippen LogP contribution is 2.14. The largest absolute Gasteiger partial charge is 0.491 e. The van der Waals surface area contributed by atoms with Crippen molar-refractivity contribution in [3.63, 3.8) is 0 Å². The summed E-state index contributed by atoms with van der Waals surface area (Å²) in [5.74, 6) is 1.39. The van der Waals surface area contributed by atoms with E-state index in [0.717, 1.165) is 42.0 Å². The first-order valence-corrected chi connectivity index (χ1v) is 7.47. The van der Waals surface area contributed by atoms with Gasteiger partial charge in [0, 0.05) is 18.4 Å². The normalized spacial score (nSPS) is 10.9. The monoisotopic (exact) mass is 300 g/mol. The lowest BCUT2D eigenvalue weighted by Gasteiger charge is -2.11. The van der Waals surface area contributed by atoms with Gasteiger partial charge in [0.05, 0.1) is 6.20 Å². The first kappa shape index (κ1) is 16.2. The average Bonchev–Trinajstić information content (AvgIpc) is 2.44. The van der Waals surface area contributed by atoms with E-state index in [9.17, 15) is 0 Å². The van der Waals surface area contributed by atoms with Crippen LogP contribution in [0.15, 0.2) is 30.6 Å². The van der Waals surface area contributed by atoms with Crippen molar-refractivity contribution in [1.29, 1.82) is 0 Å². The Bertz CT molecular complexity index is 593. The highest BCUT2D eigenvalue weighted by molar-refractivity contribution is 5.34. The molecule has 0 amide bonds. The minimum atomic E-state index is 0.578. The molecule has 0 spiro atoms. The maximum atomic E-state index is 5.78. The van der Waals surface area contributed by atoms with E-state index in [2.05, 4.69) is 20.9 Å². The highest BCUT2D eigenvalue weighted by Gasteiger charge is 2.02. The number of hydrogen-bond donors (Lipinski definition) is 1. The van der Waals surface area contributed by atoms with Crippen LogP contribution in [0, 0.1) is 6.92 Å². The zero-order valence-electron chi connectivity index (χ0n) is 13.5. The van der Waals surface area contributed by atoms with Crippen LogP contribution in [0.2, 0.25) is 0 Å². The van der Waals surface area contributed by atoms with Crippen molar-refractivity contribution < 1.29 is 4.74 Å². The van der Waals surface area contributed by atoms with Gasteiger partial charge in [-0.1, -0.05) is 0 Å². The summed E-state index contributed by atoms with van der Waals surface area (Å²) in [6.45, 7) is 3.58. The number of anilines is 1. The van der Waals surface area contributed by atoms with Gasteiger partial charge in [-0.3, -0.25) is 4.98 Å². The summed E-state index contributed by atoms with van der Waals surface area (Å²) in [5.41, 5.74) is 9.08. The van der Waals surface area contributed by atoms with Gasteiger partial charge < -0.3 is 15.4 Å². The van der Waals surface area contributed by atoms with E-state index in [1.165, 1.54) is 0 Å². The van der Waals surface area contributed by atoms with Gasteiger partial charge >= 0.3 is 0 Å². The Morgan fingerprint density at radius 2 is 1.95 bits per heavy atom. The van der Waals surface area contributed by atoms with Crippen molar-refractivity contribution in [2.75, 3.05) is 33.0 Å². The summed E-state index contributed by atoms with van der Waals surface area (Å²) in [4.78, 5) is 10.7. The Labute approximate surface area is 132 Å². The third-order valence-corrected chi connectivity index (χ3v) is 3.29. The molecule has 0 aromatic carbocycles. The molecule has 0 aliphatic carbocycles. The zero-order valence-corrected chi connectivity index (χ0v) is 13.5. The van der Waals surface area contributed by atoms with Crippen LogP contribution in [0.1, 0.15) is 16.8 Å². The first-order chi connectivity index (χ1) is 10.5. The van der Waals surface area contributed by atoms with Crippen molar-refractivity contribution in [1.82, 2.24) is 14.9 Å². The Balaban J connectivity index is 1.92. The summed E-state index contributed by atoms with van der Waals surface area (Å²) < 4.78 is 5.71. The lowest BCUT2D eigenvalue weighted by Crippen LogP contribution is -2.19. The van der Waals surface area contributed by atoms with E-state index in [1.54, 1.807) is 6.20 Å². The van der Waals surface area contributed by atoms with E-state index in [0.29, 0.717) is 12.4 Å². The van der Waals surface area contributed by atoms with Crippen LogP contribution in [0.25, 0.3) is 0 Å². The molecule has 2 rings (SSSR count). The number of nitrogen functional groups attached to an aromatic ring is 1. The molecule has 5 nitrogen and oxygen atoms in total. The number of aromatic nitrogens is 2. The lowest BCUT2D eigenvalue weighted by molar-refractivity contribution is 0.260. The van der Waals surface area contributed by atoms with Crippen LogP contribution < -0.4 is 10.5 Å². The molecule has 0 bridgehead atoms. The van der Waals surface area contributed by atoms with Gasteiger partial charge in [0.25, 0.3) is 0 Å². The Morgan fingerprint density at radius 1 is 1.14 bits per heavy atom. The first-order valence-electron chi connectivity index (χ1n) is 7.47. The molecule has 0 aliphatic heterocycles. The predicted molar refractivity (Wildman–Crippen MR) is 89.1 cm³/mol. The number of ether oxygens (including phenoxy) is 1. The molecule has 0 saturated heterocycles. The molecule has 5 heteroatoms. The average molecular weight is 300 g/mol. The summed E-state index contributed by atoms with van der Waals surface area (Å²) in [7, 11) is 4.05. The topological polar surface area (TPSA) is 64.3 Å². The van der Waals surface area contributed by atoms with Gasteiger partial charge in [0.15, 0.2) is 0 Å². The fourth-order valence-electron chi connectivity index (χ4n) is 2.19. The number of rotatable bonds is 7. The number of likely N-dealkylation sites (N-methyl/N-ethyl adjacent to an activating group) is 1. The van der Waals surface area contributed by atoms with Crippen molar-refractivity contribution in [3.8, 4) is 5.75 Å². The fraction of sp³-hybridized carbons (Fsp3) is 0.412. The molecular weight excluding hydrogens is 276 g/mol. The van der Waals surface area contributed by atoms with Crippen LogP contribution in [-0.4, -0.2) is 42.1 Å². The van der Waals surface area contributed by atoms with Crippen molar-refractivity contribution >= 4 is 5.82 Å². The Morgan fingerprint density at radius 3 is 2.68 bits per heavy atom. The molecular formula is C17H24N4O. The maximum Gasteiger partial charge on any atom is 0.137 e. The molecule has 0 aliphatic rings. The predicted octanol–water partition coefficient (Wildman–Crippen LogP) is 2.09. The number of aryl methyl sites for hydroxylation is 3. The van der Waals surface area contributed by atoms with Crippen molar-refractivity contribution in [2.45, 2.75) is 19.8 Å². The molecule has 2 N–H and O–H groups in total. The lowest BCUT2D eigenvalue weighted by atomic mass is 10.1. The highest BCUT2D eigenvalue weighted by atomic mass is 16.5. The molecule has 2 aromatic rings. The third-order valence-electron chi connectivity index (χ3n) is 3.29. The smallest absolute Gasteiger partial charge is 0.137 e. The van der Waals surface area contributed by atoms with Gasteiger partial charge in [-0.25, -0.2) is 4.98 Å². The van der Waals surface area contributed by atoms with Crippen LogP contribution in [0.3, 0.4) is 0 Å². The molecule has 2 aromatic heterocycles. The van der Waals surface area contributed by atoms with E-state index in [4.69, 9.17) is 10.5 Å². The standard InChI is InChI=1S/C17H24N4O/c1-13-8-15(20-17(18)9-13)5-4-14-10-16(12-19-11-14)22-7-6-21(2)3/h8-12H,4-7H2,1-3H3,(H2,18,20). The van der Waals surface area contributed by atoms with Gasteiger partial charge in [-0.2, -0.15) is 0 Å². The minimum absolute atomic E-state index is 0.578. The number of pyridine rings is 2. The van der Waals surface area contributed by atoms with E-state index in [1.807, 2.05) is 39.3 Å². The summed E-state index contributed by atoms with van der Waals surface area (Å²) in [6.07, 6.45) is 5.34. The van der Waals surface area contributed by atoms with Gasteiger partial charge in [0.2, 0.25) is 0 Å². The SMILES string of the molecule is Cc1cc(N)nc(CCc2cncc(OCCN(C)C)c2)c1. The second kappa shape index (κ2) is 7.75. The molecule has 0 atom stereocenters. The molecule has 0 radical (unpaired) electrons. The van der Waals surface area contributed by atoms with Gasteiger partial charge in [-0.05, 0) is 63.2 Å². The molecule has 0 fully saturated rings. The van der Waals surface area contributed by atoms with Crippen LogP contribution >= 0.6 is 0 Å². The Hall–Kier alpha value is -2.14. The summed E-state index contributed by atoms with van der Waals surface area (Å²) in [6, 6.07) is 5.99. The molecule has 0 saturated carbocycles. The molecule has 0 unspecified atom stereocenters. The van der Waals surface area contributed by atoms with Crippen LogP contribution in [0.5, 0.6) is 5.75 Å². The minimum Gasteiger partial charge on any atom is -0.491 e. The Kier molecular flexibility index (Phi) is 5.72. The second-order valence-electron chi connectivity index (χ2n) is 5.74. The summed E-state index contributed by atoms with van der Waals surface area (Å²) in [5, 5.41) is 0. The van der Waals surface area contributed by atoms with Crippen LogP contribution in [-0.2, 0) is 12.8 Å². The molecule has 22 heavy (non-hydrogen) atoms. The quantitative estimate of drug-likeness (QED) is 0.848. The fourth-order valence-corrected chi connectivity index (χ4v) is 2.19. The number of hydrogen-bond acceptors (Lipinski definition) is 5. The third kappa shape index (κ3) is 5.33. The maximum absolute atomic E-state index is 5.78. The zero-order chi connectivity index (χ0) is 15.9. The number of nitrogens with zero attached hydrogens (tertiary/aromatic N) is 3. The van der Waals surface area contributed by atoms with Gasteiger partial charge in [0.1, 0.15) is 18.2 Å². The van der Waals surface area contributed by atoms with E-state index >= 15 is 0 Å². The van der Waals surface area contributed by atoms with E-state index < -0.39 is 0 Å². The molecule has 2 heterocycles. The van der Waals surface area contributed by atoms with Crippen LogP contribution in [0.4, 0.5) is 5.82 Å². The summed E-state index contributed by atoms with van der Waals surface area (Å²) >= 11 is 0.